The molecule has 84 valence electrons. The lowest BCUT2D eigenvalue weighted by molar-refractivity contribution is -0.121. The Balaban J connectivity index is 2.12. The summed E-state index contributed by atoms with van der Waals surface area (Å²) >= 11 is 0. The Morgan fingerprint density at radius 1 is 1.25 bits per heavy atom. The van der Waals surface area contributed by atoms with E-state index < -0.39 is 0 Å². The van der Waals surface area contributed by atoms with Crippen LogP contribution in [-0.2, 0) is 11.2 Å². The number of nitrogens with one attached hydrogen (secondary N) is 1. The van der Waals surface area contributed by atoms with Gasteiger partial charge in [0.25, 0.3) is 0 Å². The molecule has 0 radical (unpaired) electrons. The number of nitrogens with two attached hydrogens (primary N) is 1. The van der Waals surface area contributed by atoms with Crippen LogP contribution < -0.4 is 11.2 Å². The van der Waals surface area contributed by atoms with Gasteiger partial charge < -0.3 is 5.73 Å². The number of amides is 1. The van der Waals surface area contributed by atoms with Crippen molar-refractivity contribution in [1.82, 2.24) is 5.43 Å². The normalized spacial score (nSPS) is 15.6. The summed E-state index contributed by atoms with van der Waals surface area (Å²) in [6.07, 6.45) is 2.12. The minimum atomic E-state index is -0.0106. The smallest absolute Gasteiger partial charge is 0.240 e. The van der Waals surface area contributed by atoms with Gasteiger partial charge in [0.15, 0.2) is 0 Å². The van der Waals surface area contributed by atoms with E-state index in [4.69, 9.17) is 5.73 Å². The summed E-state index contributed by atoms with van der Waals surface area (Å²) < 4.78 is 0. The van der Waals surface area contributed by atoms with E-state index >= 15 is 0 Å². The first-order valence-corrected chi connectivity index (χ1v) is 5.44. The molecule has 0 aliphatic carbocycles. The summed E-state index contributed by atoms with van der Waals surface area (Å²) in [5.74, 6) is -0.0106. The summed E-state index contributed by atoms with van der Waals surface area (Å²) in [4.78, 5) is 10.9. The van der Waals surface area contributed by atoms with Gasteiger partial charge in [-0.2, -0.15) is 5.10 Å². The molecule has 1 aromatic rings. The van der Waals surface area contributed by atoms with E-state index in [1.807, 2.05) is 12.1 Å². The minimum Gasteiger partial charge on any atom is -0.330 e. The average Bonchev–Trinajstić information content (AvgIpc) is 2.32. The van der Waals surface area contributed by atoms with Gasteiger partial charge in [-0.15, -0.1) is 0 Å². The van der Waals surface area contributed by atoms with Crippen LogP contribution in [0.3, 0.4) is 0 Å². The SMILES string of the molecule is NCCc1ccc(C2=NNC(=O)CC2)cc1. The Hall–Kier alpha value is -1.68. The van der Waals surface area contributed by atoms with E-state index in [9.17, 15) is 4.79 Å². The first kappa shape index (κ1) is 10.8. The van der Waals surface area contributed by atoms with Gasteiger partial charge in [0.1, 0.15) is 0 Å². The topological polar surface area (TPSA) is 67.5 Å². The number of benzene rings is 1. The van der Waals surface area contributed by atoms with E-state index in [1.54, 1.807) is 0 Å². The van der Waals surface area contributed by atoms with Gasteiger partial charge >= 0.3 is 0 Å². The highest BCUT2D eigenvalue weighted by atomic mass is 16.2. The lowest BCUT2D eigenvalue weighted by atomic mass is 10.0. The van der Waals surface area contributed by atoms with Crippen LogP contribution in [0.25, 0.3) is 0 Å². The molecular weight excluding hydrogens is 202 g/mol. The number of rotatable bonds is 3. The third-order valence-corrected chi connectivity index (χ3v) is 2.62. The van der Waals surface area contributed by atoms with E-state index in [0.29, 0.717) is 19.4 Å². The fourth-order valence-corrected chi connectivity index (χ4v) is 1.71. The van der Waals surface area contributed by atoms with Gasteiger partial charge in [0, 0.05) is 12.8 Å². The van der Waals surface area contributed by atoms with Crippen LogP contribution in [0.4, 0.5) is 0 Å². The fourth-order valence-electron chi connectivity index (χ4n) is 1.71. The van der Waals surface area contributed by atoms with Crippen molar-refractivity contribution in [3.63, 3.8) is 0 Å². The molecule has 0 atom stereocenters. The number of hydrogen-bond acceptors (Lipinski definition) is 3. The number of carbonyl (C=O) groups excluding carboxylic acids is 1. The zero-order valence-electron chi connectivity index (χ0n) is 9.07. The molecule has 1 heterocycles. The predicted molar refractivity (Wildman–Crippen MR) is 63.1 cm³/mol. The lowest BCUT2D eigenvalue weighted by Crippen LogP contribution is -2.25. The van der Waals surface area contributed by atoms with Crippen LogP contribution in [0.2, 0.25) is 0 Å². The molecule has 3 N–H and O–H groups in total. The van der Waals surface area contributed by atoms with Crippen molar-refractivity contribution in [2.24, 2.45) is 10.8 Å². The Bertz CT molecular complexity index is 409. The first-order valence-electron chi connectivity index (χ1n) is 5.44. The molecule has 0 bridgehead atoms. The molecule has 1 aliphatic heterocycles. The van der Waals surface area contributed by atoms with Gasteiger partial charge in [0.2, 0.25) is 5.91 Å². The third kappa shape index (κ3) is 2.46. The Kier molecular flexibility index (Phi) is 3.31. The Labute approximate surface area is 94.5 Å². The highest BCUT2D eigenvalue weighted by molar-refractivity contribution is 6.04. The molecule has 4 heteroatoms. The van der Waals surface area contributed by atoms with Gasteiger partial charge in [-0.3, -0.25) is 4.79 Å². The molecule has 0 saturated carbocycles. The molecule has 16 heavy (non-hydrogen) atoms. The maximum Gasteiger partial charge on any atom is 0.240 e. The van der Waals surface area contributed by atoms with Crippen molar-refractivity contribution in [1.29, 1.82) is 0 Å². The van der Waals surface area contributed by atoms with E-state index in [2.05, 4.69) is 22.7 Å². The van der Waals surface area contributed by atoms with Gasteiger partial charge in [-0.25, -0.2) is 5.43 Å². The third-order valence-electron chi connectivity index (χ3n) is 2.62. The summed E-state index contributed by atoms with van der Waals surface area (Å²) in [5.41, 5.74) is 11.2. The fraction of sp³-hybridized carbons (Fsp3) is 0.333. The molecule has 0 saturated heterocycles. The van der Waals surface area contributed by atoms with Crippen molar-refractivity contribution < 1.29 is 4.79 Å². The molecule has 2 rings (SSSR count). The highest BCUT2D eigenvalue weighted by Crippen LogP contribution is 2.11. The van der Waals surface area contributed by atoms with Crippen LogP contribution in [-0.4, -0.2) is 18.2 Å². The zero-order valence-corrected chi connectivity index (χ0v) is 9.07. The quantitative estimate of drug-likeness (QED) is 0.786. The lowest BCUT2D eigenvalue weighted by Gasteiger charge is -2.12. The maximum atomic E-state index is 10.9. The van der Waals surface area contributed by atoms with E-state index in [1.165, 1.54) is 5.56 Å². The van der Waals surface area contributed by atoms with E-state index in [-0.39, 0.29) is 5.91 Å². The van der Waals surface area contributed by atoms with Crippen molar-refractivity contribution in [3.05, 3.63) is 35.4 Å². The van der Waals surface area contributed by atoms with Crippen LogP contribution in [0.1, 0.15) is 24.0 Å². The Morgan fingerprint density at radius 2 is 2.00 bits per heavy atom. The van der Waals surface area contributed by atoms with Crippen molar-refractivity contribution in [3.8, 4) is 0 Å². The summed E-state index contributed by atoms with van der Waals surface area (Å²) in [5, 5.41) is 4.05. The molecule has 1 amide bonds. The second kappa shape index (κ2) is 4.90. The summed E-state index contributed by atoms with van der Waals surface area (Å²) in [7, 11) is 0. The van der Waals surface area contributed by atoms with Crippen molar-refractivity contribution in [2.75, 3.05) is 6.54 Å². The van der Waals surface area contributed by atoms with Crippen LogP contribution in [0, 0.1) is 0 Å². The van der Waals surface area contributed by atoms with Crippen LogP contribution >= 0.6 is 0 Å². The average molecular weight is 217 g/mol. The molecule has 0 fully saturated rings. The monoisotopic (exact) mass is 217 g/mol. The highest BCUT2D eigenvalue weighted by Gasteiger charge is 2.12. The van der Waals surface area contributed by atoms with E-state index in [0.717, 1.165) is 17.7 Å². The van der Waals surface area contributed by atoms with Gasteiger partial charge in [-0.1, -0.05) is 24.3 Å². The molecule has 0 aromatic heterocycles. The molecule has 0 unspecified atom stereocenters. The standard InChI is InChI=1S/C12H15N3O/c13-8-7-9-1-3-10(4-2-9)11-5-6-12(16)15-14-11/h1-4H,5-8,13H2,(H,15,16). The van der Waals surface area contributed by atoms with Crippen LogP contribution in [0.15, 0.2) is 29.4 Å². The largest absolute Gasteiger partial charge is 0.330 e. The number of carbonyl (C=O) groups is 1. The summed E-state index contributed by atoms with van der Waals surface area (Å²) in [6.45, 7) is 0.663. The molecule has 4 nitrogen and oxygen atoms in total. The predicted octanol–water partition coefficient (Wildman–Crippen LogP) is 0.802. The Morgan fingerprint density at radius 3 is 2.56 bits per heavy atom. The van der Waals surface area contributed by atoms with Gasteiger partial charge in [0.05, 0.1) is 5.71 Å². The number of nitrogens with zero attached hydrogens (tertiary/aromatic N) is 1. The molecular formula is C12H15N3O. The van der Waals surface area contributed by atoms with Crippen LogP contribution in [0.5, 0.6) is 0 Å². The van der Waals surface area contributed by atoms with Crippen molar-refractivity contribution in [2.45, 2.75) is 19.3 Å². The zero-order chi connectivity index (χ0) is 11.4. The molecule has 1 aliphatic rings. The first-order chi connectivity index (χ1) is 7.79. The second-order valence-corrected chi connectivity index (χ2v) is 3.83. The molecule has 1 aromatic carbocycles. The number of hydrogen-bond donors (Lipinski definition) is 2. The molecule has 0 spiro atoms. The number of hydrazone groups is 1. The second-order valence-electron chi connectivity index (χ2n) is 3.83. The summed E-state index contributed by atoms with van der Waals surface area (Å²) in [6, 6.07) is 8.17. The maximum absolute atomic E-state index is 10.9. The van der Waals surface area contributed by atoms with Gasteiger partial charge in [-0.05, 0) is 24.1 Å². The minimum absolute atomic E-state index is 0.0106. The van der Waals surface area contributed by atoms with Crippen molar-refractivity contribution >= 4 is 11.6 Å².